The molecule has 3 nitrogen and oxygen atoms in total. The Balaban J connectivity index is 1.78. The van der Waals surface area contributed by atoms with Gasteiger partial charge >= 0.3 is 6.61 Å². The maximum Gasteiger partial charge on any atom is 0.387 e. The van der Waals surface area contributed by atoms with Gasteiger partial charge in [-0.2, -0.15) is 8.78 Å². The van der Waals surface area contributed by atoms with Crippen LogP contribution in [0.5, 0.6) is 5.75 Å². The molecule has 0 fully saturated rings. The standard InChI is InChI=1S/C16H19F2NO2/c17-16(18)21-14-8-6-13(7-9-14)15(20)19-11-10-12-4-2-1-3-5-12/h4,6-9,16H,1-3,5,10-11H2,(H,19,20). The van der Waals surface area contributed by atoms with E-state index in [-0.39, 0.29) is 11.7 Å². The number of carbonyl (C=O) groups is 1. The van der Waals surface area contributed by atoms with Gasteiger partial charge in [-0.15, -0.1) is 0 Å². The molecule has 0 heterocycles. The van der Waals surface area contributed by atoms with Gasteiger partial charge < -0.3 is 10.1 Å². The van der Waals surface area contributed by atoms with Crippen LogP contribution in [0.25, 0.3) is 0 Å². The summed E-state index contributed by atoms with van der Waals surface area (Å²) < 4.78 is 28.3. The third-order valence-electron chi connectivity index (χ3n) is 3.46. The lowest BCUT2D eigenvalue weighted by atomic mass is 9.97. The second-order valence-electron chi connectivity index (χ2n) is 5.02. The van der Waals surface area contributed by atoms with E-state index in [1.165, 1.54) is 42.7 Å². The highest BCUT2D eigenvalue weighted by Crippen LogP contribution is 2.19. The van der Waals surface area contributed by atoms with Crippen molar-refractivity contribution in [2.24, 2.45) is 0 Å². The number of hydrogen-bond acceptors (Lipinski definition) is 2. The Morgan fingerprint density at radius 2 is 2.00 bits per heavy atom. The minimum atomic E-state index is -2.85. The number of hydrogen-bond donors (Lipinski definition) is 1. The largest absolute Gasteiger partial charge is 0.435 e. The predicted octanol–water partition coefficient (Wildman–Crippen LogP) is 3.91. The number of carbonyl (C=O) groups excluding carboxylic acids is 1. The van der Waals surface area contributed by atoms with Crippen LogP contribution in [-0.2, 0) is 0 Å². The molecule has 1 amide bonds. The van der Waals surface area contributed by atoms with E-state index in [1.807, 2.05) is 0 Å². The topological polar surface area (TPSA) is 38.3 Å². The first-order valence-electron chi connectivity index (χ1n) is 7.16. The molecule has 0 atom stereocenters. The van der Waals surface area contributed by atoms with Crippen molar-refractivity contribution >= 4 is 5.91 Å². The SMILES string of the molecule is O=C(NCCC1=CCCCC1)c1ccc(OC(F)F)cc1. The molecule has 0 unspecified atom stereocenters. The second kappa shape index (κ2) is 7.76. The summed E-state index contributed by atoms with van der Waals surface area (Å²) in [5, 5.41) is 2.84. The maximum absolute atomic E-state index is 12.0. The van der Waals surface area contributed by atoms with Crippen molar-refractivity contribution < 1.29 is 18.3 Å². The molecule has 114 valence electrons. The first-order chi connectivity index (χ1) is 10.1. The van der Waals surface area contributed by atoms with Crippen LogP contribution in [0.3, 0.4) is 0 Å². The Morgan fingerprint density at radius 3 is 2.62 bits per heavy atom. The predicted molar refractivity (Wildman–Crippen MR) is 76.6 cm³/mol. The highest BCUT2D eigenvalue weighted by atomic mass is 19.3. The second-order valence-corrected chi connectivity index (χ2v) is 5.02. The molecule has 0 saturated heterocycles. The smallest absolute Gasteiger partial charge is 0.387 e. The molecule has 0 spiro atoms. The Bertz CT molecular complexity index is 498. The summed E-state index contributed by atoms with van der Waals surface area (Å²) in [5.74, 6) is -0.149. The van der Waals surface area contributed by atoms with Gasteiger partial charge in [0.1, 0.15) is 5.75 Å². The molecule has 1 aromatic rings. The summed E-state index contributed by atoms with van der Waals surface area (Å²) in [5.41, 5.74) is 1.84. The lowest BCUT2D eigenvalue weighted by Gasteiger charge is -2.13. The summed E-state index contributed by atoms with van der Waals surface area (Å²) in [6.07, 6.45) is 7.86. The Labute approximate surface area is 123 Å². The molecular formula is C16H19F2NO2. The van der Waals surface area contributed by atoms with Crippen LogP contribution in [0, 0.1) is 0 Å². The average molecular weight is 295 g/mol. The highest BCUT2D eigenvalue weighted by molar-refractivity contribution is 5.94. The van der Waals surface area contributed by atoms with Crippen molar-refractivity contribution in [2.45, 2.75) is 38.7 Å². The molecule has 0 bridgehead atoms. The maximum atomic E-state index is 12.0. The number of benzene rings is 1. The Kier molecular flexibility index (Phi) is 5.72. The lowest BCUT2D eigenvalue weighted by molar-refractivity contribution is -0.0498. The fourth-order valence-electron chi connectivity index (χ4n) is 2.36. The number of nitrogens with one attached hydrogen (secondary N) is 1. The van der Waals surface area contributed by atoms with Gasteiger partial charge in [0.15, 0.2) is 0 Å². The summed E-state index contributed by atoms with van der Waals surface area (Å²) in [6, 6.07) is 5.69. The van der Waals surface area contributed by atoms with Crippen molar-refractivity contribution in [3.8, 4) is 5.75 Å². The van der Waals surface area contributed by atoms with E-state index < -0.39 is 6.61 Å². The summed E-state index contributed by atoms with van der Waals surface area (Å²) in [6.45, 7) is -2.26. The van der Waals surface area contributed by atoms with Gasteiger partial charge in [-0.05, 0) is 56.4 Å². The highest BCUT2D eigenvalue weighted by Gasteiger charge is 2.08. The zero-order valence-electron chi connectivity index (χ0n) is 11.8. The van der Waals surface area contributed by atoms with Gasteiger partial charge in [0.25, 0.3) is 5.91 Å². The van der Waals surface area contributed by atoms with Gasteiger partial charge in [0.05, 0.1) is 0 Å². The molecule has 1 N–H and O–H groups in total. The fourth-order valence-corrected chi connectivity index (χ4v) is 2.36. The third kappa shape index (κ3) is 5.17. The first kappa shape index (κ1) is 15.5. The molecule has 0 aliphatic heterocycles. The van der Waals surface area contributed by atoms with Crippen molar-refractivity contribution in [1.82, 2.24) is 5.32 Å². The Morgan fingerprint density at radius 1 is 1.24 bits per heavy atom. The summed E-state index contributed by atoms with van der Waals surface area (Å²) in [7, 11) is 0. The van der Waals surface area contributed by atoms with E-state index in [4.69, 9.17) is 0 Å². The van der Waals surface area contributed by atoms with Gasteiger partial charge in [-0.25, -0.2) is 0 Å². The van der Waals surface area contributed by atoms with Gasteiger partial charge in [-0.1, -0.05) is 11.6 Å². The van der Waals surface area contributed by atoms with Crippen LogP contribution >= 0.6 is 0 Å². The van der Waals surface area contributed by atoms with Crippen LogP contribution in [0.1, 0.15) is 42.5 Å². The van der Waals surface area contributed by atoms with E-state index in [0.717, 1.165) is 19.3 Å². The molecule has 0 saturated carbocycles. The summed E-state index contributed by atoms with van der Waals surface area (Å²) >= 11 is 0. The zero-order valence-corrected chi connectivity index (χ0v) is 11.8. The van der Waals surface area contributed by atoms with E-state index >= 15 is 0 Å². The van der Waals surface area contributed by atoms with Gasteiger partial charge in [0.2, 0.25) is 0 Å². The minimum Gasteiger partial charge on any atom is -0.435 e. The molecule has 1 aromatic carbocycles. The molecular weight excluding hydrogens is 276 g/mol. The van der Waals surface area contributed by atoms with Gasteiger partial charge in [0, 0.05) is 12.1 Å². The van der Waals surface area contributed by atoms with E-state index in [0.29, 0.717) is 12.1 Å². The van der Waals surface area contributed by atoms with E-state index in [1.54, 1.807) is 0 Å². The molecule has 0 radical (unpaired) electrons. The molecule has 1 aliphatic carbocycles. The Hall–Kier alpha value is -1.91. The molecule has 5 heteroatoms. The number of halogens is 2. The van der Waals surface area contributed by atoms with Crippen molar-refractivity contribution in [2.75, 3.05) is 6.54 Å². The molecule has 0 aromatic heterocycles. The summed E-state index contributed by atoms with van der Waals surface area (Å²) in [4.78, 5) is 11.9. The number of ether oxygens (including phenoxy) is 1. The number of amides is 1. The average Bonchev–Trinajstić information content (AvgIpc) is 2.48. The number of alkyl halides is 2. The van der Waals surface area contributed by atoms with Crippen molar-refractivity contribution in [1.29, 1.82) is 0 Å². The minimum absolute atomic E-state index is 0.0499. The molecule has 21 heavy (non-hydrogen) atoms. The van der Waals surface area contributed by atoms with Crippen LogP contribution in [0.15, 0.2) is 35.9 Å². The lowest BCUT2D eigenvalue weighted by Crippen LogP contribution is -2.24. The third-order valence-corrected chi connectivity index (χ3v) is 3.46. The fraction of sp³-hybridized carbons (Fsp3) is 0.438. The van der Waals surface area contributed by atoms with Crippen LogP contribution in [-0.4, -0.2) is 19.1 Å². The quantitative estimate of drug-likeness (QED) is 0.808. The first-order valence-corrected chi connectivity index (χ1v) is 7.16. The molecule has 1 aliphatic rings. The van der Waals surface area contributed by atoms with Gasteiger partial charge in [-0.3, -0.25) is 4.79 Å². The number of allylic oxidation sites excluding steroid dienone is 1. The molecule has 2 rings (SSSR count). The van der Waals surface area contributed by atoms with E-state index in [2.05, 4.69) is 16.1 Å². The van der Waals surface area contributed by atoms with Crippen molar-refractivity contribution in [3.05, 3.63) is 41.5 Å². The van der Waals surface area contributed by atoms with Crippen LogP contribution in [0.2, 0.25) is 0 Å². The monoisotopic (exact) mass is 295 g/mol. The zero-order chi connectivity index (χ0) is 15.1. The van der Waals surface area contributed by atoms with Crippen molar-refractivity contribution in [3.63, 3.8) is 0 Å². The van der Waals surface area contributed by atoms with Crippen LogP contribution < -0.4 is 10.1 Å². The number of rotatable bonds is 6. The van der Waals surface area contributed by atoms with E-state index in [9.17, 15) is 13.6 Å². The normalized spacial score (nSPS) is 14.7. The van der Waals surface area contributed by atoms with Crippen LogP contribution in [0.4, 0.5) is 8.78 Å².